The quantitative estimate of drug-likeness (QED) is 0.544. The number of thiophene rings is 1. The summed E-state index contributed by atoms with van der Waals surface area (Å²) in [6.07, 6.45) is 3.19. The van der Waals surface area contributed by atoms with Gasteiger partial charge in [0.15, 0.2) is 17.3 Å². The van der Waals surface area contributed by atoms with E-state index in [0.29, 0.717) is 18.2 Å². The maximum absolute atomic E-state index is 9.72. The number of hydrazone groups is 1. The minimum absolute atomic E-state index is 0.115. The highest BCUT2D eigenvalue weighted by atomic mass is 32.1. The first kappa shape index (κ1) is 16.2. The van der Waals surface area contributed by atoms with Crippen LogP contribution in [0.5, 0.6) is 11.5 Å². The molecule has 3 rings (SSSR count). The first-order valence-corrected chi connectivity index (χ1v) is 8.37. The molecule has 0 aliphatic rings. The minimum atomic E-state index is 0.115. The van der Waals surface area contributed by atoms with Crippen molar-refractivity contribution < 1.29 is 9.84 Å². The van der Waals surface area contributed by atoms with Crippen LogP contribution in [0.3, 0.4) is 0 Å². The lowest BCUT2D eigenvalue weighted by Gasteiger charge is -2.06. The van der Waals surface area contributed by atoms with Crippen LogP contribution in [-0.2, 0) is 0 Å². The highest BCUT2D eigenvalue weighted by molar-refractivity contribution is 7.18. The van der Waals surface area contributed by atoms with E-state index in [2.05, 4.69) is 34.3 Å². The average molecular weight is 342 g/mol. The number of anilines is 1. The van der Waals surface area contributed by atoms with E-state index in [1.54, 1.807) is 35.8 Å². The topological polar surface area (TPSA) is 79.6 Å². The maximum atomic E-state index is 9.72. The molecular weight excluding hydrogens is 324 g/mol. The number of hydrogen-bond donors (Lipinski definition) is 2. The predicted molar refractivity (Wildman–Crippen MR) is 97.4 cm³/mol. The second-order valence-corrected chi connectivity index (χ2v) is 6.42. The molecule has 0 radical (unpaired) electrons. The van der Waals surface area contributed by atoms with E-state index >= 15 is 0 Å². The van der Waals surface area contributed by atoms with Gasteiger partial charge in [0, 0.05) is 4.88 Å². The van der Waals surface area contributed by atoms with Crippen LogP contribution in [0.1, 0.15) is 22.9 Å². The molecule has 0 unspecified atom stereocenters. The third kappa shape index (κ3) is 3.16. The van der Waals surface area contributed by atoms with E-state index in [9.17, 15) is 5.11 Å². The zero-order valence-corrected chi connectivity index (χ0v) is 14.5. The van der Waals surface area contributed by atoms with Gasteiger partial charge in [0.1, 0.15) is 11.2 Å². The summed E-state index contributed by atoms with van der Waals surface area (Å²) in [4.78, 5) is 10.7. The molecule has 0 bridgehead atoms. The summed E-state index contributed by atoms with van der Waals surface area (Å²) in [6, 6.07) is 5.08. The van der Waals surface area contributed by atoms with E-state index in [1.165, 1.54) is 11.2 Å². The van der Waals surface area contributed by atoms with Gasteiger partial charge in [0.05, 0.1) is 18.2 Å². The van der Waals surface area contributed by atoms with Gasteiger partial charge in [-0.2, -0.15) is 5.10 Å². The number of rotatable bonds is 5. The monoisotopic (exact) mass is 342 g/mol. The lowest BCUT2D eigenvalue weighted by atomic mass is 10.2. The zero-order chi connectivity index (χ0) is 17.1. The number of aromatic nitrogens is 2. The van der Waals surface area contributed by atoms with Crippen molar-refractivity contribution in [3.8, 4) is 11.5 Å². The number of nitrogens with one attached hydrogen (secondary N) is 1. The maximum Gasteiger partial charge on any atom is 0.161 e. The van der Waals surface area contributed by atoms with Crippen molar-refractivity contribution in [1.82, 2.24) is 9.97 Å². The van der Waals surface area contributed by atoms with E-state index in [1.807, 2.05) is 6.92 Å². The molecule has 24 heavy (non-hydrogen) atoms. The van der Waals surface area contributed by atoms with Crippen molar-refractivity contribution in [1.29, 1.82) is 0 Å². The molecule has 2 heterocycles. The number of hydrogen-bond acceptors (Lipinski definition) is 7. The summed E-state index contributed by atoms with van der Waals surface area (Å²) in [5.41, 5.74) is 4.95. The number of nitrogens with zero attached hydrogens (tertiary/aromatic N) is 3. The van der Waals surface area contributed by atoms with Gasteiger partial charge in [0.2, 0.25) is 0 Å². The SMILES string of the molecule is CCOc1cc(/C=N/Nc2ncnc3sc(C)c(C)c23)ccc1O. The molecular formula is C17H18N4O2S. The Morgan fingerprint density at radius 3 is 2.96 bits per heavy atom. The van der Waals surface area contributed by atoms with Gasteiger partial charge in [-0.3, -0.25) is 5.43 Å². The van der Waals surface area contributed by atoms with Crippen molar-refractivity contribution in [3.63, 3.8) is 0 Å². The van der Waals surface area contributed by atoms with Crippen molar-refractivity contribution in [2.75, 3.05) is 12.0 Å². The summed E-state index contributed by atoms with van der Waals surface area (Å²) < 4.78 is 5.37. The van der Waals surface area contributed by atoms with Crippen molar-refractivity contribution in [3.05, 3.63) is 40.5 Å². The van der Waals surface area contributed by atoms with Crippen LogP contribution in [0.15, 0.2) is 29.6 Å². The van der Waals surface area contributed by atoms with Crippen LogP contribution in [0.2, 0.25) is 0 Å². The number of aryl methyl sites for hydroxylation is 2. The van der Waals surface area contributed by atoms with Crippen LogP contribution >= 0.6 is 11.3 Å². The van der Waals surface area contributed by atoms with Gasteiger partial charge >= 0.3 is 0 Å². The number of aromatic hydroxyl groups is 1. The number of ether oxygens (including phenoxy) is 1. The molecule has 0 atom stereocenters. The third-order valence-corrected chi connectivity index (χ3v) is 4.75. The lowest BCUT2D eigenvalue weighted by Crippen LogP contribution is -1.96. The molecule has 7 heteroatoms. The number of phenolic OH excluding ortho intramolecular Hbond substituents is 1. The number of benzene rings is 1. The summed E-state index contributed by atoms with van der Waals surface area (Å²) in [6.45, 7) is 6.48. The van der Waals surface area contributed by atoms with Gasteiger partial charge in [-0.05, 0) is 50.1 Å². The Kier molecular flexibility index (Phi) is 4.61. The summed E-state index contributed by atoms with van der Waals surface area (Å²) >= 11 is 1.64. The van der Waals surface area contributed by atoms with Gasteiger partial charge in [0.25, 0.3) is 0 Å². The molecule has 1 aromatic carbocycles. The predicted octanol–water partition coefficient (Wildman–Crippen LogP) is 3.86. The molecule has 2 N–H and O–H groups in total. The van der Waals surface area contributed by atoms with Crippen molar-refractivity contribution in [2.45, 2.75) is 20.8 Å². The normalized spacial score (nSPS) is 11.3. The highest BCUT2D eigenvalue weighted by Gasteiger charge is 2.11. The van der Waals surface area contributed by atoms with Crippen LogP contribution < -0.4 is 10.2 Å². The molecule has 3 aromatic rings. The smallest absolute Gasteiger partial charge is 0.161 e. The molecule has 0 spiro atoms. The standard InChI is InChI=1S/C17H18N4O2S/c1-4-23-14-7-12(5-6-13(14)22)8-20-21-16-15-10(2)11(3)24-17(15)19-9-18-16/h5-9,22H,4H2,1-3H3,(H,18,19,21)/b20-8+. The van der Waals surface area contributed by atoms with E-state index < -0.39 is 0 Å². The Morgan fingerprint density at radius 2 is 2.17 bits per heavy atom. The number of fused-ring (bicyclic) bond motifs is 1. The molecule has 0 fully saturated rings. The minimum Gasteiger partial charge on any atom is -0.504 e. The van der Waals surface area contributed by atoms with Gasteiger partial charge in [-0.25, -0.2) is 9.97 Å². The molecule has 0 amide bonds. The molecule has 2 aromatic heterocycles. The van der Waals surface area contributed by atoms with Crippen LogP contribution in [0, 0.1) is 13.8 Å². The molecule has 124 valence electrons. The first-order valence-electron chi connectivity index (χ1n) is 7.55. The van der Waals surface area contributed by atoms with Crippen LogP contribution in [-0.4, -0.2) is 27.9 Å². The lowest BCUT2D eigenvalue weighted by molar-refractivity contribution is 0.318. The zero-order valence-electron chi connectivity index (χ0n) is 13.7. The Labute approximate surface area is 143 Å². The molecule has 0 saturated heterocycles. The summed E-state index contributed by atoms with van der Waals surface area (Å²) in [7, 11) is 0. The molecule has 0 aliphatic carbocycles. The average Bonchev–Trinajstić information content (AvgIpc) is 2.86. The fourth-order valence-corrected chi connectivity index (χ4v) is 3.31. The largest absolute Gasteiger partial charge is 0.504 e. The second kappa shape index (κ2) is 6.84. The highest BCUT2D eigenvalue weighted by Crippen LogP contribution is 2.32. The van der Waals surface area contributed by atoms with E-state index in [4.69, 9.17) is 4.74 Å². The van der Waals surface area contributed by atoms with Crippen molar-refractivity contribution in [2.24, 2.45) is 5.10 Å². The second-order valence-electron chi connectivity index (χ2n) is 5.22. The number of phenols is 1. The third-order valence-electron chi connectivity index (χ3n) is 3.63. The van der Waals surface area contributed by atoms with E-state index in [-0.39, 0.29) is 5.75 Å². The van der Waals surface area contributed by atoms with Gasteiger partial charge in [-0.1, -0.05) is 0 Å². The van der Waals surface area contributed by atoms with Crippen LogP contribution in [0.4, 0.5) is 5.82 Å². The Bertz CT molecular complexity index is 905. The first-order chi connectivity index (χ1) is 11.6. The fourth-order valence-electron chi connectivity index (χ4n) is 2.32. The van der Waals surface area contributed by atoms with Gasteiger partial charge < -0.3 is 9.84 Å². The Balaban J connectivity index is 1.83. The summed E-state index contributed by atoms with van der Waals surface area (Å²) in [5, 5.41) is 15.0. The van der Waals surface area contributed by atoms with Gasteiger partial charge in [-0.15, -0.1) is 11.3 Å². The Hall–Kier alpha value is -2.67. The van der Waals surface area contributed by atoms with Crippen molar-refractivity contribution >= 4 is 33.6 Å². The summed E-state index contributed by atoms with van der Waals surface area (Å²) in [5.74, 6) is 1.24. The molecule has 0 aliphatic heterocycles. The molecule has 6 nitrogen and oxygen atoms in total. The molecule has 0 saturated carbocycles. The van der Waals surface area contributed by atoms with E-state index in [0.717, 1.165) is 21.3 Å². The van der Waals surface area contributed by atoms with Crippen LogP contribution in [0.25, 0.3) is 10.2 Å². The Morgan fingerprint density at radius 1 is 1.33 bits per heavy atom. The fraction of sp³-hybridized carbons (Fsp3) is 0.235.